The van der Waals surface area contributed by atoms with Gasteiger partial charge in [-0.1, -0.05) is 62.7 Å². The topological polar surface area (TPSA) is 102 Å². The lowest BCUT2D eigenvalue weighted by Gasteiger charge is -2.18. The number of benzene rings is 3. The second kappa shape index (κ2) is 10.5. The first-order chi connectivity index (χ1) is 18.0. The standard InChI is InChI=1S/C31H33N3O4/c1-19-12-13-20(2)22(16-19)15-14-21-8-7-11-26(27(21)35)32-18-25-28(31(3,4)5)33-34(29(25)36)24-10-6-9-23(17-24)30(37)38/h6-13,16-18,32,35H,14-15H2,1-5H3,(H,37,38)/b25-18-. The molecule has 1 aliphatic rings. The number of nitrogens with zero attached hydrogens (tertiary/aromatic N) is 2. The Morgan fingerprint density at radius 2 is 1.71 bits per heavy atom. The molecule has 0 bridgehead atoms. The number of para-hydroxylation sites is 1. The molecule has 0 spiro atoms. The molecular formula is C31H33N3O4. The number of carbonyl (C=O) groups excluding carboxylic acids is 1. The predicted octanol–water partition coefficient (Wildman–Crippen LogP) is 6.24. The van der Waals surface area contributed by atoms with Crippen LogP contribution in [0.3, 0.4) is 0 Å². The minimum Gasteiger partial charge on any atom is -0.505 e. The highest BCUT2D eigenvalue weighted by Crippen LogP contribution is 2.33. The maximum absolute atomic E-state index is 13.4. The molecule has 0 aliphatic carbocycles. The number of amides is 1. The zero-order valence-electron chi connectivity index (χ0n) is 22.4. The zero-order valence-corrected chi connectivity index (χ0v) is 22.4. The number of carbonyl (C=O) groups is 2. The van der Waals surface area contributed by atoms with Crippen LogP contribution >= 0.6 is 0 Å². The van der Waals surface area contributed by atoms with Gasteiger partial charge < -0.3 is 15.5 Å². The monoisotopic (exact) mass is 511 g/mol. The maximum Gasteiger partial charge on any atom is 0.335 e. The highest BCUT2D eigenvalue weighted by molar-refractivity contribution is 6.31. The summed E-state index contributed by atoms with van der Waals surface area (Å²) in [4.78, 5) is 24.9. The Kier molecular flexibility index (Phi) is 7.39. The Labute approximate surface area is 223 Å². The second-order valence-electron chi connectivity index (χ2n) is 10.6. The molecule has 0 fully saturated rings. The number of aryl methyl sites for hydroxylation is 4. The molecule has 0 atom stereocenters. The molecule has 0 radical (unpaired) electrons. The third-order valence-corrected chi connectivity index (χ3v) is 6.59. The van der Waals surface area contributed by atoms with Crippen LogP contribution in [0.1, 0.15) is 53.4 Å². The molecule has 0 aromatic heterocycles. The van der Waals surface area contributed by atoms with Gasteiger partial charge >= 0.3 is 5.97 Å². The van der Waals surface area contributed by atoms with E-state index in [0.29, 0.717) is 29.1 Å². The molecule has 0 saturated carbocycles. The van der Waals surface area contributed by atoms with E-state index in [2.05, 4.69) is 42.5 Å². The fraction of sp³-hybridized carbons (Fsp3) is 0.258. The van der Waals surface area contributed by atoms with Crippen molar-refractivity contribution in [1.82, 2.24) is 0 Å². The van der Waals surface area contributed by atoms with E-state index in [1.165, 1.54) is 33.8 Å². The summed E-state index contributed by atoms with van der Waals surface area (Å²) in [6.45, 7) is 10.0. The highest BCUT2D eigenvalue weighted by atomic mass is 16.4. The molecule has 196 valence electrons. The largest absolute Gasteiger partial charge is 0.505 e. The average molecular weight is 512 g/mol. The third-order valence-electron chi connectivity index (χ3n) is 6.59. The van der Waals surface area contributed by atoms with Crippen molar-refractivity contribution in [3.05, 3.63) is 100 Å². The van der Waals surface area contributed by atoms with Gasteiger partial charge in [-0.25, -0.2) is 4.79 Å². The molecule has 1 aliphatic heterocycles. The maximum atomic E-state index is 13.4. The first-order valence-corrected chi connectivity index (χ1v) is 12.6. The summed E-state index contributed by atoms with van der Waals surface area (Å²) >= 11 is 0. The lowest BCUT2D eigenvalue weighted by molar-refractivity contribution is -0.114. The van der Waals surface area contributed by atoms with Crippen LogP contribution in [0.25, 0.3) is 0 Å². The Morgan fingerprint density at radius 3 is 2.42 bits per heavy atom. The fourth-order valence-corrected chi connectivity index (χ4v) is 4.44. The fourth-order valence-electron chi connectivity index (χ4n) is 4.44. The average Bonchev–Trinajstić information content (AvgIpc) is 3.21. The summed E-state index contributed by atoms with van der Waals surface area (Å²) in [5.74, 6) is -1.32. The molecule has 38 heavy (non-hydrogen) atoms. The number of rotatable bonds is 7. The van der Waals surface area contributed by atoms with E-state index in [9.17, 15) is 19.8 Å². The molecule has 3 aromatic rings. The van der Waals surface area contributed by atoms with Crippen molar-refractivity contribution >= 4 is 29.0 Å². The molecule has 1 amide bonds. The minimum atomic E-state index is -1.08. The Bertz CT molecular complexity index is 1460. The van der Waals surface area contributed by atoms with Gasteiger partial charge in [0.15, 0.2) is 0 Å². The van der Waals surface area contributed by atoms with Gasteiger partial charge in [0.1, 0.15) is 5.75 Å². The van der Waals surface area contributed by atoms with Crippen LogP contribution in [-0.4, -0.2) is 27.8 Å². The van der Waals surface area contributed by atoms with Crippen LogP contribution in [0.2, 0.25) is 0 Å². The van der Waals surface area contributed by atoms with E-state index >= 15 is 0 Å². The van der Waals surface area contributed by atoms with Crippen LogP contribution in [0.15, 0.2) is 77.5 Å². The number of carboxylic acid groups (broad SMARTS) is 1. The number of carboxylic acids is 1. The van der Waals surface area contributed by atoms with Crippen molar-refractivity contribution in [3.8, 4) is 5.75 Å². The van der Waals surface area contributed by atoms with Gasteiger partial charge in [0.2, 0.25) is 0 Å². The van der Waals surface area contributed by atoms with Crippen molar-refractivity contribution in [1.29, 1.82) is 0 Å². The van der Waals surface area contributed by atoms with E-state index in [1.807, 2.05) is 32.9 Å². The lowest BCUT2D eigenvalue weighted by atomic mass is 9.86. The molecule has 1 heterocycles. The summed E-state index contributed by atoms with van der Waals surface area (Å²) in [5, 5.41) is 29.2. The van der Waals surface area contributed by atoms with Crippen LogP contribution in [0.4, 0.5) is 11.4 Å². The van der Waals surface area contributed by atoms with Gasteiger partial charge in [-0.2, -0.15) is 10.1 Å². The summed E-state index contributed by atoms with van der Waals surface area (Å²) in [6.07, 6.45) is 3.04. The number of aromatic hydroxyl groups is 1. The van der Waals surface area contributed by atoms with Crippen molar-refractivity contribution < 1.29 is 19.8 Å². The molecule has 4 rings (SSSR count). The number of anilines is 2. The van der Waals surface area contributed by atoms with Gasteiger partial charge in [0.25, 0.3) is 5.91 Å². The Hall–Kier alpha value is -4.39. The van der Waals surface area contributed by atoms with Gasteiger partial charge in [0, 0.05) is 11.6 Å². The summed E-state index contributed by atoms with van der Waals surface area (Å²) < 4.78 is 0. The van der Waals surface area contributed by atoms with Gasteiger partial charge in [0.05, 0.1) is 28.2 Å². The summed E-state index contributed by atoms with van der Waals surface area (Å²) in [5.41, 5.74) is 5.86. The number of aromatic carboxylic acids is 1. The highest BCUT2D eigenvalue weighted by Gasteiger charge is 2.37. The van der Waals surface area contributed by atoms with E-state index in [-0.39, 0.29) is 17.2 Å². The molecule has 0 saturated heterocycles. The van der Waals surface area contributed by atoms with E-state index < -0.39 is 11.4 Å². The molecule has 3 N–H and O–H groups in total. The SMILES string of the molecule is Cc1ccc(C)c(CCc2cccc(N/C=C3\C(=O)N(c4cccc(C(=O)O)c4)N=C3C(C)(C)C)c2O)c1. The summed E-state index contributed by atoms with van der Waals surface area (Å²) in [7, 11) is 0. The van der Waals surface area contributed by atoms with E-state index in [0.717, 1.165) is 12.0 Å². The van der Waals surface area contributed by atoms with E-state index in [1.54, 1.807) is 24.4 Å². The Balaban J connectivity index is 1.59. The number of hydrogen-bond acceptors (Lipinski definition) is 5. The van der Waals surface area contributed by atoms with Gasteiger partial charge in [-0.3, -0.25) is 4.79 Å². The molecule has 0 unspecified atom stereocenters. The lowest BCUT2D eigenvalue weighted by Crippen LogP contribution is -2.25. The van der Waals surface area contributed by atoms with Crippen LogP contribution in [-0.2, 0) is 17.6 Å². The van der Waals surface area contributed by atoms with Crippen LogP contribution in [0, 0.1) is 19.3 Å². The smallest absolute Gasteiger partial charge is 0.335 e. The number of hydrogen-bond donors (Lipinski definition) is 3. The van der Waals surface area contributed by atoms with Gasteiger partial charge in [-0.15, -0.1) is 0 Å². The molecular weight excluding hydrogens is 478 g/mol. The van der Waals surface area contributed by atoms with Gasteiger partial charge in [-0.05, 0) is 67.6 Å². The molecule has 7 nitrogen and oxygen atoms in total. The summed E-state index contributed by atoms with van der Waals surface area (Å²) in [6, 6.07) is 18.0. The quantitative estimate of drug-likeness (QED) is 0.258. The third kappa shape index (κ3) is 5.62. The zero-order chi connectivity index (χ0) is 27.6. The van der Waals surface area contributed by atoms with E-state index in [4.69, 9.17) is 0 Å². The minimum absolute atomic E-state index is 0.0703. The van der Waals surface area contributed by atoms with Crippen molar-refractivity contribution in [2.24, 2.45) is 10.5 Å². The number of phenolic OH excluding ortho intramolecular Hbond substituents is 1. The normalized spacial score (nSPS) is 14.7. The number of hydrazone groups is 1. The van der Waals surface area contributed by atoms with Crippen LogP contribution in [0.5, 0.6) is 5.75 Å². The number of nitrogens with one attached hydrogen (secondary N) is 1. The second-order valence-corrected chi connectivity index (χ2v) is 10.6. The van der Waals surface area contributed by atoms with Crippen LogP contribution < -0.4 is 10.3 Å². The first-order valence-electron chi connectivity index (χ1n) is 12.6. The predicted molar refractivity (Wildman–Crippen MR) is 151 cm³/mol. The first kappa shape index (κ1) is 26.7. The number of phenols is 1. The van der Waals surface area contributed by atoms with Crippen molar-refractivity contribution in [2.45, 2.75) is 47.5 Å². The van der Waals surface area contributed by atoms with Crippen molar-refractivity contribution in [2.75, 3.05) is 10.3 Å². The molecule has 3 aromatic carbocycles. The Morgan fingerprint density at radius 1 is 1.00 bits per heavy atom. The van der Waals surface area contributed by atoms with Crippen molar-refractivity contribution in [3.63, 3.8) is 0 Å². The molecule has 7 heteroatoms.